The van der Waals surface area contributed by atoms with E-state index in [-0.39, 0.29) is 12.1 Å². The summed E-state index contributed by atoms with van der Waals surface area (Å²) in [5, 5.41) is 16.1. The Kier molecular flexibility index (Phi) is 7.69. The molecule has 1 heterocycles. The number of aliphatic carboxylic acids is 1. The molecule has 0 fully saturated rings. The van der Waals surface area contributed by atoms with Crippen LogP contribution in [0.2, 0.25) is 0 Å². The maximum atomic E-state index is 12.6. The third-order valence-corrected chi connectivity index (χ3v) is 4.20. The van der Waals surface area contributed by atoms with E-state index in [4.69, 9.17) is 4.42 Å². The standard InChI is InChI=1S/C19H20N2O5S/c1-27-11-9-15(19(24)25)20-18(23)16(12-14-8-5-10-26-14)21-17(22)13-6-3-2-4-7-13/h2-8,10,12,15H,9,11H2,1H3,(H,20,23)(H,21,22)(H,24,25)/p-1/b16-12+/t15-/m0/s1. The number of furan rings is 1. The third kappa shape index (κ3) is 6.34. The zero-order valence-electron chi connectivity index (χ0n) is 14.6. The van der Waals surface area contributed by atoms with Crippen molar-refractivity contribution in [2.24, 2.45) is 0 Å². The quantitative estimate of drug-likeness (QED) is 0.622. The topological polar surface area (TPSA) is 111 Å². The summed E-state index contributed by atoms with van der Waals surface area (Å²) < 4.78 is 5.18. The molecule has 2 amide bonds. The van der Waals surface area contributed by atoms with Gasteiger partial charge >= 0.3 is 0 Å². The lowest BCUT2D eigenvalue weighted by atomic mass is 10.2. The van der Waals surface area contributed by atoms with Gasteiger partial charge in [-0.25, -0.2) is 0 Å². The summed E-state index contributed by atoms with van der Waals surface area (Å²) in [5.74, 6) is -1.76. The van der Waals surface area contributed by atoms with Crippen molar-refractivity contribution in [3.63, 3.8) is 0 Å². The number of hydrogen-bond donors (Lipinski definition) is 2. The molecule has 1 aromatic heterocycles. The minimum atomic E-state index is -1.39. The maximum Gasteiger partial charge on any atom is 0.268 e. The van der Waals surface area contributed by atoms with Crippen LogP contribution in [0.5, 0.6) is 0 Å². The first-order valence-electron chi connectivity index (χ1n) is 8.13. The Bertz CT molecular complexity index is 803. The minimum absolute atomic E-state index is 0.130. The first kappa shape index (κ1) is 20.3. The molecule has 0 saturated carbocycles. The van der Waals surface area contributed by atoms with Crippen molar-refractivity contribution >= 4 is 35.6 Å². The molecule has 2 rings (SSSR count). The Hall–Kier alpha value is -3.00. The van der Waals surface area contributed by atoms with Gasteiger partial charge in [0.25, 0.3) is 11.8 Å². The molecule has 1 atom stereocenters. The van der Waals surface area contributed by atoms with E-state index in [1.165, 1.54) is 24.1 Å². The highest BCUT2D eigenvalue weighted by molar-refractivity contribution is 7.98. The number of carboxylic acid groups (broad SMARTS) is 1. The minimum Gasteiger partial charge on any atom is -0.548 e. The van der Waals surface area contributed by atoms with Crippen molar-refractivity contribution in [2.45, 2.75) is 12.5 Å². The maximum absolute atomic E-state index is 12.6. The van der Waals surface area contributed by atoms with E-state index >= 15 is 0 Å². The van der Waals surface area contributed by atoms with Gasteiger partial charge in [0.1, 0.15) is 11.5 Å². The molecule has 0 aliphatic rings. The van der Waals surface area contributed by atoms with Crippen LogP contribution < -0.4 is 15.7 Å². The fourth-order valence-electron chi connectivity index (χ4n) is 2.18. The van der Waals surface area contributed by atoms with Crippen LogP contribution in [-0.4, -0.2) is 35.8 Å². The van der Waals surface area contributed by atoms with Gasteiger partial charge in [0.2, 0.25) is 0 Å². The fourth-order valence-corrected chi connectivity index (χ4v) is 2.65. The molecule has 27 heavy (non-hydrogen) atoms. The number of carbonyl (C=O) groups is 3. The molecule has 8 heteroatoms. The zero-order chi connectivity index (χ0) is 19.6. The van der Waals surface area contributed by atoms with Gasteiger partial charge in [-0.2, -0.15) is 11.8 Å². The Morgan fingerprint density at radius 1 is 1.19 bits per heavy atom. The highest BCUT2D eigenvalue weighted by Crippen LogP contribution is 2.09. The molecule has 0 radical (unpaired) electrons. The average molecular weight is 387 g/mol. The number of carbonyl (C=O) groups excluding carboxylic acids is 3. The van der Waals surface area contributed by atoms with Gasteiger partial charge < -0.3 is 25.0 Å². The van der Waals surface area contributed by atoms with Crippen LogP contribution in [-0.2, 0) is 9.59 Å². The van der Waals surface area contributed by atoms with Crippen LogP contribution in [0, 0.1) is 0 Å². The lowest BCUT2D eigenvalue weighted by molar-refractivity contribution is -0.308. The summed E-state index contributed by atoms with van der Waals surface area (Å²) in [4.78, 5) is 36.2. The number of carboxylic acids is 1. The number of nitrogens with one attached hydrogen (secondary N) is 2. The molecule has 0 saturated heterocycles. The summed E-state index contributed by atoms with van der Waals surface area (Å²) in [6.07, 6.45) is 4.78. The van der Waals surface area contributed by atoms with Crippen molar-refractivity contribution in [1.29, 1.82) is 0 Å². The van der Waals surface area contributed by atoms with E-state index in [9.17, 15) is 19.5 Å². The van der Waals surface area contributed by atoms with Crippen molar-refractivity contribution in [3.8, 4) is 0 Å². The predicted octanol–water partition coefficient (Wildman–Crippen LogP) is 1.04. The van der Waals surface area contributed by atoms with E-state index in [0.29, 0.717) is 17.1 Å². The number of benzene rings is 1. The lowest BCUT2D eigenvalue weighted by Crippen LogP contribution is -2.50. The van der Waals surface area contributed by atoms with Gasteiger partial charge in [-0.3, -0.25) is 9.59 Å². The summed E-state index contributed by atoms with van der Waals surface area (Å²) in [5.41, 5.74) is 0.226. The molecule has 0 bridgehead atoms. The van der Waals surface area contributed by atoms with Crippen LogP contribution in [0.25, 0.3) is 6.08 Å². The summed E-state index contributed by atoms with van der Waals surface area (Å²) in [7, 11) is 0. The van der Waals surface area contributed by atoms with Gasteiger partial charge in [0, 0.05) is 11.6 Å². The van der Waals surface area contributed by atoms with Gasteiger partial charge in [0.15, 0.2) is 0 Å². The van der Waals surface area contributed by atoms with Crippen LogP contribution >= 0.6 is 11.8 Å². The highest BCUT2D eigenvalue weighted by atomic mass is 32.2. The van der Waals surface area contributed by atoms with E-state index in [1.807, 2.05) is 6.26 Å². The lowest BCUT2D eigenvalue weighted by Gasteiger charge is -2.20. The molecule has 7 nitrogen and oxygen atoms in total. The van der Waals surface area contributed by atoms with Crippen LogP contribution in [0.4, 0.5) is 0 Å². The number of amides is 2. The molecule has 2 aromatic rings. The van der Waals surface area contributed by atoms with E-state index in [1.54, 1.807) is 42.5 Å². The van der Waals surface area contributed by atoms with Crippen LogP contribution in [0.15, 0.2) is 58.8 Å². The average Bonchev–Trinajstić information content (AvgIpc) is 3.18. The SMILES string of the molecule is CSCC[C@H](NC(=O)/C(=C\c1ccco1)NC(=O)c1ccccc1)C(=O)[O-]. The zero-order valence-corrected chi connectivity index (χ0v) is 15.5. The third-order valence-electron chi connectivity index (χ3n) is 3.56. The fraction of sp³-hybridized carbons (Fsp3) is 0.211. The molecule has 1 aromatic carbocycles. The van der Waals surface area contributed by atoms with Crippen LogP contribution in [0.1, 0.15) is 22.5 Å². The number of hydrogen-bond acceptors (Lipinski definition) is 6. The molecule has 142 valence electrons. The Morgan fingerprint density at radius 3 is 2.52 bits per heavy atom. The van der Waals surface area contributed by atoms with Crippen molar-refractivity contribution < 1.29 is 23.9 Å². The van der Waals surface area contributed by atoms with Crippen LogP contribution in [0.3, 0.4) is 0 Å². The number of rotatable bonds is 9. The molecule has 0 aliphatic carbocycles. The molecule has 0 aliphatic heterocycles. The first-order chi connectivity index (χ1) is 13.0. The van der Waals surface area contributed by atoms with Gasteiger partial charge in [-0.05, 0) is 42.7 Å². The van der Waals surface area contributed by atoms with Gasteiger partial charge in [0.05, 0.1) is 18.3 Å². The monoisotopic (exact) mass is 387 g/mol. The van der Waals surface area contributed by atoms with Crippen molar-refractivity contribution in [3.05, 3.63) is 65.7 Å². The van der Waals surface area contributed by atoms with Crippen molar-refractivity contribution in [1.82, 2.24) is 10.6 Å². The van der Waals surface area contributed by atoms with E-state index in [0.717, 1.165) is 0 Å². The molecule has 2 N–H and O–H groups in total. The Labute approximate surface area is 160 Å². The summed E-state index contributed by atoms with van der Waals surface area (Å²) in [6, 6.07) is 10.4. The van der Waals surface area contributed by atoms with E-state index < -0.39 is 23.8 Å². The molecular formula is C19H19N2O5S-. The second-order valence-corrected chi connectivity index (χ2v) is 6.51. The second-order valence-electron chi connectivity index (χ2n) is 5.52. The molecule has 0 unspecified atom stereocenters. The molecular weight excluding hydrogens is 368 g/mol. The summed E-state index contributed by atoms with van der Waals surface area (Å²) in [6.45, 7) is 0. The van der Waals surface area contributed by atoms with Gasteiger partial charge in [-0.1, -0.05) is 18.2 Å². The normalized spacial score (nSPS) is 12.3. The van der Waals surface area contributed by atoms with E-state index in [2.05, 4.69) is 10.6 Å². The first-order valence-corrected chi connectivity index (χ1v) is 9.53. The largest absolute Gasteiger partial charge is 0.548 e. The van der Waals surface area contributed by atoms with Gasteiger partial charge in [-0.15, -0.1) is 0 Å². The highest BCUT2D eigenvalue weighted by Gasteiger charge is 2.19. The predicted molar refractivity (Wildman–Crippen MR) is 101 cm³/mol. The van der Waals surface area contributed by atoms with Crippen molar-refractivity contribution in [2.75, 3.05) is 12.0 Å². The second kappa shape index (κ2) is 10.2. The summed E-state index contributed by atoms with van der Waals surface area (Å²) >= 11 is 1.45. The Morgan fingerprint density at radius 2 is 1.93 bits per heavy atom. The molecule has 0 spiro atoms. The number of thioether (sulfide) groups is 1. The Balaban J connectivity index is 2.20. The smallest absolute Gasteiger partial charge is 0.268 e.